The highest BCUT2D eigenvalue weighted by atomic mass is 19.1. The van der Waals surface area contributed by atoms with Crippen molar-refractivity contribution in [3.63, 3.8) is 0 Å². The van der Waals surface area contributed by atoms with Crippen LogP contribution in [0.4, 0.5) is 10.1 Å². The molecule has 1 atom stereocenters. The number of halogens is 1. The first kappa shape index (κ1) is 20.8. The molecule has 0 aliphatic rings. The van der Waals surface area contributed by atoms with Crippen LogP contribution < -0.4 is 10.1 Å². The Morgan fingerprint density at radius 2 is 1.89 bits per heavy atom. The lowest BCUT2D eigenvalue weighted by Crippen LogP contribution is -2.29. The molecular formula is C21H20FNO5. The predicted octanol–water partition coefficient (Wildman–Crippen LogP) is 3.62. The van der Waals surface area contributed by atoms with Crippen LogP contribution >= 0.6 is 0 Å². The van der Waals surface area contributed by atoms with Crippen molar-refractivity contribution in [3.8, 4) is 5.75 Å². The third-order valence-corrected chi connectivity index (χ3v) is 3.79. The maximum absolute atomic E-state index is 13.6. The van der Waals surface area contributed by atoms with Gasteiger partial charge in [0, 0.05) is 17.3 Å². The van der Waals surface area contributed by atoms with Gasteiger partial charge in [-0.3, -0.25) is 9.59 Å². The number of benzene rings is 2. The number of anilines is 1. The van der Waals surface area contributed by atoms with Crippen LogP contribution in [0.2, 0.25) is 0 Å². The van der Waals surface area contributed by atoms with Gasteiger partial charge in [-0.1, -0.05) is 18.2 Å². The molecule has 0 bridgehead atoms. The van der Waals surface area contributed by atoms with Gasteiger partial charge in [-0.2, -0.15) is 0 Å². The van der Waals surface area contributed by atoms with E-state index in [0.717, 1.165) is 6.08 Å². The molecule has 6 nitrogen and oxygen atoms in total. The van der Waals surface area contributed by atoms with Crippen LogP contribution in [-0.4, -0.2) is 30.9 Å². The van der Waals surface area contributed by atoms with Crippen molar-refractivity contribution in [2.75, 3.05) is 12.4 Å². The minimum atomic E-state index is -1.06. The molecule has 1 amide bonds. The number of hydrogen-bond acceptors (Lipinski definition) is 5. The van der Waals surface area contributed by atoms with E-state index >= 15 is 0 Å². The highest BCUT2D eigenvalue weighted by molar-refractivity contribution is 5.99. The van der Waals surface area contributed by atoms with Crippen LogP contribution in [0.5, 0.6) is 5.75 Å². The van der Waals surface area contributed by atoms with Crippen molar-refractivity contribution in [1.82, 2.24) is 0 Å². The summed E-state index contributed by atoms with van der Waals surface area (Å²) in [6.45, 7) is 2.84. The standard InChI is InChI=1S/C21H20FNO5/c1-13(24)16-5-4-6-17(12-16)23-21(26)14(2)28-20(25)10-8-15-7-9-19(27-3)18(22)11-15/h4-12,14H,1-3H3,(H,23,26)/b10-8+/t14-/m0/s1. The Balaban J connectivity index is 1.94. The van der Waals surface area contributed by atoms with Gasteiger partial charge in [0.2, 0.25) is 0 Å². The van der Waals surface area contributed by atoms with Gasteiger partial charge in [-0.15, -0.1) is 0 Å². The summed E-state index contributed by atoms with van der Waals surface area (Å²) in [7, 11) is 1.36. The number of ketones is 1. The fourth-order valence-corrected chi connectivity index (χ4v) is 2.28. The largest absolute Gasteiger partial charge is 0.494 e. The first-order chi connectivity index (χ1) is 13.3. The molecule has 0 fully saturated rings. The molecule has 0 saturated carbocycles. The maximum Gasteiger partial charge on any atom is 0.331 e. The van der Waals surface area contributed by atoms with Crippen molar-refractivity contribution in [2.24, 2.45) is 0 Å². The quantitative estimate of drug-likeness (QED) is 0.447. The second kappa shape index (κ2) is 9.45. The number of amides is 1. The van der Waals surface area contributed by atoms with Crippen LogP contribution in [0.1, 0.15) is 29.8 Å². The first-order valence-corrected chi connectivity index (χ1v) is 8.44. The van der Waals surface area contributed by atoms with E-state index in [-0.39, 0.29) is 11.5 Å². The van der Waals surface area contributed by atoms with Crippen LogP contribution in [0, 0.1) is 5.82 Å². The molecule has 0 saturated heterocycles. The SMILES string of the molecule is COc1ccc(/C=C/C(=O)O[C@@H](C)C(=O)Nc2cccc(C(C)=O)c2)cc1F. The molecule has 0 aromatic heterocycles. The molecule has 2 aromatic carbocycles. The molecule has 0 unspecified atom stereocenters. The third kappa shape index (κ3) is 5.77. The predicted molar refractivity (Wildman–Crippen MR) is 103 cm³/mol. The van der Waals surface area contributed by atoms with Gasteiger partial charge < -0.3 is 14.8 Å². The Hall–Kier alpha value is -3.48. The summed E-state index contributed by atoms with van der Waals surface area (Å²) in [6.07, 6.45) is 1.40. The van der Waals surface area contributed by atoms with E-state index in [9.17, 15) is 18.8 Å². The van der Waals surface area contributed by atoms with Gasteiger partial charge in [0.1, 0.15) is 0 Å². The number of methoxy groups -OCH3 is 1. The number of Topliss-reactive ketones (excluding diaryl/α,β-unsaturated/α-hetero) is 1. The number of carbonyl (C=O) groups is 3. The highest BCUT2D eigenvalue weighted by Gasteiger charge is 2.17. The summed E-state index contributed by atoms with van der Waals surface area (Å²) in [6, 6.07) is 10.6. The third-order valence-electron chi connectivity index (χ3n) is 3.79. The Morgan fingerprint density at radius 1 is 1.14 bits per heavy atom. The van der Waals surface area contributed by atoms with Crippen LogP contribution in [0.15, 0.2) is 48.5 Å². The van der Waals surface area contributed by atoms with Crippen molar-refractivity contribution in [1.29, 1.82) is 0 Å². The summed E-state index contributed by atoms with van der Waals surface area (Å²) in [5.74, 6) is -1.89. The fraction of sp³-hybridized carbons (Fsp3) is 0.190. The van der Waals surface area contributed by atoms with E-state index in [1.807, 2.05) is 0 Å². The van der Waals surface area contributed by atoms with E-state index in [4.69, 9.17) is 9.47 Å². The molecule has 28 heavy (non-hydrogen) atoms. The molecule has 7 heteroatoms. The summed E-state index contributed by atoms with van der Waals surface area (Å²) >= 11 is 0. The number of carbonyl (C=O) groups excluding carboxylic acids is 3. The Kier molecular flexibility index (Phi) is 7.03. The lowest BCUT2D eigenvalue weighted by Gasteiger charge is -2.12. The van der Waals surface area contributed by atoms with E-state index in [1.54, 1.807) is 24.3 Å². The van der Waals surface area contributed by atoms with Gasteiger partial charge in [0.15, 0.2) is 23.5 Å². The van der Waals surface area contributed by atoms with E-state index in [2.05, 4.69) is 5.32 Å². The monoisotopic (exact) mass is 385 g/mol. The van der Waals surface area contributed by atoms with Gasteiger partial charge in [-0.05, 0) is 49.8 Å². The fourth-order valence-electron chi connectivity index (χ4n) is 2.28. The van der Waals surface area contributed by atoms with Gasteiger partial charge >= 0.3 is 5.97 Å². The normalized spacial score (nSPS) is 11.7. The maximum atomic E-state index is 13.6. The van der Waals surface area contributed by atoms with Crippen molar-refractivity contribution >= 4 is 29.4 Å². The summed E-state index contributed by atoms with van der Waals surface area (Å²) in [5.41, 5.74) is 1.32. The van der Waals surface area contributed by atoms with Crippen LogP contribution in [0.25, 0.3) is 6.08 Å². The van der Waals surface area contributed by atoms with Crippen molar-refractivity contribution in [2.45, 2.75) is 20.0 Å². The number of ether oxygens (including phenoxy) is 2. The average molecular weight is 385 g/mol. The number of esters is 1. The lowest BCUT2D eigenvalue weighted by atomic mass is 10.1. The minimum absolute atomic E-state index is 0.0962. The topological polar surface area (TPSA) is 81.7 Å². The Bertz CT molecular complexity index is 923. The zero-order chi connectivity index (χ0) is 20.7. The first-order valence-electron chi connectivity index (χ1n) is 8.44. The van der Waals surface area contributed by atoms with E-state index in [1.165, 1.54) is 45.2 Å². The molecular weight excluding hydrogens is 365 g/mol. The second-order valence-corrected chi connectivity index (χ2v) is 5.93. The number of nitrogens with one attached hydrogen (secondary N) is 1. The van der Waals surface area contributed by atoms with E-state index in [0.29, 0.717) is 16.8 Å². The lowest BCUT2D eigenvalue weighted by molar-refractivity contribution is -0.148. The smallest absolute Gasteiger partial charge is 0.331 e. The van der Waals surface area contributed by atoms with Crippen molar-refractivity contribution < 1.29 is 28.2 Å². The van der Waals surface area contributed by atoms with Crippen molar-refractivity contribution in [3.05, 3.63) is 65.5 Å². The molecule has 0 radical (unpaired) electrons. The zero-order valence-electron chi connectivity index (χ0n) is 15.7. The molecule has 1 N–H and O–H groups in total. The Morgan fingerprint density at radius 3 is 2.54 bits per heavy atom. The minimum Gasteiger partial charge on any atom is -0.494 e. The average Bonchev–Trinajstić information content (AvgIpc) is 2.66. The molecule has 0 aliphatic carbocycles. The summed E-state index contributed by atoms with van der Waals surface area (Å²) in [4.78, 5) is 35.4. The van der Waals surface area contributed by atoms with Gasteiger partial charge in [0.25, 0.3) is 5.91 Å². The molecule has 0 aliphatic heterocycles. The van der Waals surface area contributed by atoms with Gasteiger partial charge in [-0.25, -0.2) is 9.18 Å². The molecule has 0 heterocycles. The summed E-state index contributed by atoms with van der Waals surface area (Å²) in [5, 5.41) is 2.58. The zero-order valence-corrected chi connectivity index (χ0v) is 15.7. The van der Waals surface area contributed by atoms with Crippen LogP contribution in [-0.2, 0) is 14.3 Å². The van der Waals surface area contributed by atoms with E-state index < -0.39 is 23.8 Å². The second-order valence-electron chi connectivity index (χ2n) is 5.93. The Labute approximate surface area is 162 Å². The van der Waals surface area contributed by atoms with Crippen LogP contribution in [0.3, 0.4) is 0 Å². The number of rotatable bonds is 7. The highest BCUT2D eigenvalue weighted by Crippen LogP contribution is 2.18. The molecule has 2 aromatic rings. The molecule has 0 spiro atoms. The molecule has 146 valence electrons. The van der Waals surface area contributed by atoms with Gasteiger partial charge in [0.05, 0.1) is 7.11 Å². The molecule has 2 rings (SSSR count). The number of hydrogen-bond donors (Lipinski definition) is 1. The summed E-state index contributed by atoms with van der Waals surface area (Å²) < 4.78 is 23.5.